The summed E-state index contributed by atoms with van der Waals surface area (Å²) in [7, 11) is 0. The molecule has 0 spiro atoms. The van der Waals surface area contributed by atoms with Gasteiger partial charge >= 0.3 is 0 Å². The number of benzene rings is 1. The van der Waals surface area contributed by atoms with Crippen molar-refractivity contribution in [2.75, 3.05) is 0 Å². The maximum absolute atomic E-state index is 6.24. The molecule has 0 aromatic heterocycles. The molecule has 1 aliphatic rings. The molecule has 1 nitrogen and oxygen atoms in total. The van der Waals surface area contributed by atoms with E-state index in [2.05, 4.69) is 38.2 Å². The fourth-order valence-corrected chi connectivity index (χ4v) is 3.60. The van der Waals surface area contributed by atoms with Gasteiger partial charge in [0.1, 0.15) is 0 Å². The van der Waals surface area contributed by atoms with Gasteiger partial charge in [-0.1, -0.05) is 50.1 Å². The van der Waals surface area contributed by atoms with E-state index in [0.717, 1.165) is 23.3 Å². The van der Waals surface area contributed by atoms with E-state index in [0.29, 0.717) is 12.1 Å². The van der Waals surface area contributed by atoms with Crippen molar-refractivity contribution in [3.05, 3.63) is 34.9 Å². The summed E-state index contributed by atoms with van der Waals surface area (Å²) < 4.78 is 0. The molecule has 1 fully saturated rings. The summed E-state index contributed by atoms with van der Waals surface area (Å²) in [6.07, 6.45) is 5.12. The molecular formula is C17H26ClN. The quantitative estimate of drug-likeness (QED) is 0.843. The molecule has 0 bridgehead atoms. The van der Waals surface area contributed by atoms with Gasteiger partial charge in [0, 0.05) is 17.1 Å². The van der Waals surface area contributed by atoms with Crippen LogP contribution in [0.2, 0.25) is 5.02 Å². The Morgan fingerprint density at radius 1 is 1.21 bits per heavy atom. The minimum atomic E-state index is 0.480. The molecule has 1 aromatic rings. The average Bonchev–Trinajstić information content (AvgIpc) is 2.37. The Kier molecular flexibility index (Phi) is 5.29. The predicted molar refractivity (Wildman–Crippen MR) is 83.7 cm³/mol. The first kappa shape index (κ1) is 14.9. The van der Waals surface area contributed by atoms with E-state index >= 15 is 0 Å². The summed E-state index contributed by atoms with van der Waals surface area (Å²) in [5.41, 5.74) is 1.25. The summed E-state index contributed by atoms with van der Waals surface area (Å²) in [4.78, 5) is 0. The fourth-order valence-electron chi connectivity index (χ4n) is 3.39. The van der Waals surface area contributed by atoms with Gasteiger partial charge < -0.3 is 5.32 Å². The van der Waals surface area contributed by atoms with E-state index in [1.54, 1.807) is 0 Å². The van der Waals surface area contributed by atoms with Crippen molar-refractivity contribution in [3.63, 3.8) is 0 Å². The van der Waals surface area contributed by atoms with Crippen LogP contribution in [0.1, 0.15) is 45.6 Å². The Labute approximate surface area is 122 Å². The van der Waals surface area contributed by atoms with Crippen LogP contribution in [0.3, 0.4) is 0 Å². The van der Waals surface area contributed by atoms with Crippen molar-refractivity contribution in [3.8, 4) is 0 Å². The van der Waals surface area contributed by atoms with Gasteiger partial charge in [0.15, 0.2) is 0 Å². The molecule has 1 saturated carbocycles. The molecular weight excluding hydrogens is 254 g/mol. The van der Waals surface area contributed by atoms with Crippen LogP contribution in [0.25, 0.3) is 0 Å². The molecule has 19 heavy (non-hydrogen) atoms. The molecule has 0 amide bonds. The molecule has 2 rings (SSSR count). The van der Waals surface area contributed by atoms with Gasteiger partial charge in [0.25, 0.3) is 0 Å². The number of hydrogen-bond acceptors (Lipinski definition) is 1. The highest BCUT2D eigenvalue weighted by Gasteiger charge is 2.28. The molecule has 106 valence electrons. The highest BCUT2D eigenvalue weighted by molar-refractivity contribution is 6.31. The zero-order valence-corrected chi connectivity index (χ0v) is 13.1. The van der Waals surface area contributed by atoms with Crippen molar-refractivity contribution >= 4 is 11.6 Å². The number of rotatable bonds is 4. The van der Waals surface area contributed by atoms with Crippen molar-refractivity contribution in [2.24, 2.45) is 11.8 Å². The SMILES string of the molecule is CC(Cc1ccccc1Cl)NC1C(C)CCCC1C. The van der Waals surface area contributed by atoms with E-state index < -0.39 is 0 Å². The fraction of sp³-hybridized carbons (Fsp3) is 0.647. The smallest absolute Gasteiger partial charge is 0.0438 e. The van der Waals surface area contributed by atoms with Gasteiger partial charge in [-0.2, -0.15) is 0 Å². The van der Waals surface area contributed by atoms with Crippen molar-refractivity contribution < 1.29 is 0 Å². The highest BCUT2D eigenvalue weighted by atomic mass is 35.5. The molecule has 1 aliphatic carbocycles. The van der Waals surface area contributed by atoms with Crippen LogP contribution in [0.5, 0.6) is 0 Å². The molecule has 1 N–H and O–H groups in total. The molecule has 1 aromatic carbocycles. The zero-order chi connectivity index (χ0) is 13.8. The van der Waals surface area contributed by atoms with E-state index in [1.807, 2.05) is 12.1 Å². The minimum absolute atomic E-state index is 0.480. The third-order valence-corrected chi connectivity index (χ3v) is 4.87. The van der Waals surface area contributed by atoms with E-state index in [-0.39, 0.29) is 0 Å². The van der Waals surface area contributed by atoms with Gasteiger partial charge in [0.05, 0.1) is 0 Å². The van der Waals surface area contributed by atoms with Crippen molar-refractivity contribution in [1.29, 1.82) is 0 Å². The van der Waals surface area contributed by atoms with Crippen LogP contribution < -0.4 is 5.32 Å². The van der Waals surface area contributed by atoms with Crippen LogP contribution in [0.4, 0.5) is 0 Å². The molecule has 2 heteroatoms. The van der Waals surface area contributed by atoms with E-state index in [4.69, 9.17) is 11.6 Å². The summed E-state index contributed by atoms with van der Waals surface area (Å²) in [5, 5.41) is 4.73. The molecule has 0 radical (unpaired) electrons. The first-order chi connectivity index (χ1) is 9.08. The van der Waals surface area contributed by atoms with Crippen LogP contribution >= 0.6 is 11.6 Å². The molecule has 0 saturated heterocycles. The lowest BCUT2D eigenvalue weighted by Gasteiger charge is -2.37. The van der Waals surface area contributed by atoms with Gasteiger partial charge in [-0.05, 0) is 49.7 Å². The Balaban J connectivity index is 1.93. The normalized spacial score (nSPS) is 29.2. The second kappa shape index (κ2) is 6.76. The minimum Gasteiger partial charge on any atom is -0.311 e. The average molecular weight is 280 g/mol. The monoisotopic (exact) mass is 279 g/mol. The second-order valence-electron chi connectivity index (χ2n) is 6.27. The first-order valence-corrected chi connectivity index (χ1v) is 7.95. The molecule has 0 aliphatic heterocycles. The third-order valence-electron chi connectivity index (χ3n) is 4.51. The number of hydrogen-bond donors (Lipinski definition) is 1. The molecule has 3 unspecified atom stereocenters. The largest absolute Gasteiger partial charge is 0.311 e. The second-order valence-corrected chi connectivity index (χ2v) is 6.68. The van der Waals surface area contributed by atoms with E-state index in [1.165, 1.54) is 24.8 Å². The summed E-state index contributed by atoms with van der Waals surface area (Å²) in [6, 6.07) is 9.32. The number of halogens is 1. The number of nitrogens with one attached hydrogen (secondary N) is 1. The van der Waals surface area contributed by atoms with Gasteiger partial charge in [-0.25, -0.2) is 0 Å². The highest BCUT2D eigenvalue weighted by Crippen LogP contribution is 2.29. The van der Waals surface area contributed by atoms with Crippen LogP contribution in [-0.2, 0) is 6.42 Å². The predicted octanol–water partition coefficient (Wildman–Crippen LogP) is 4.69. The van der Waals surface area contributed by atoms with Crippen molar-refractivity contribution in [2.45, 2.75) is 58.5 Å². The van der Waals surface area contributed by atoms with Crippen LogP contribution in [0.15, 0.2) is 24.3 Å². The van der Waals surface area contributed by atoms with Gasteiger partial charge in [-0.3, -0.25) is 0 Å². The summed E-state index contributed by atoms with van der Waals surface area (Å²) in [6.45, 7) is 7.04. The lowest BCUT2D eigenvalue weighted by molar-refractivity contribution is 0.195. The lowest BCUT2D eigenvalue weighted by atomic mass is 9.78. The maximum Gasteiger partial charge on any atom is 0.0438 e. The van der Waals surface area contributed by atoms with Crippen molar-refractivity contribution in [1.82, 2.24) is 5.32 Å². The van der Waals surface area contributed by atoms with Gasteiger partial charge in [-0.15, -0.1) is 0 Å². The Bertz CT molecular complexity index is 394. The summed E-state index contributed by atoms with van der Waals surface area (Å²) >= 11 is 6.24. The topological polar surface area (TPSA) is 12.0 Å². The Hall–Kier alpha value is -0.530. The standard InChI is InChI=1S/C17H26ClN/c1-12-7-6-8-13(2)17(12)19-14(3)11-15-9-4-5-10-16(15)18/h4-5,9-10,12-14,17,19H,6-8,11H2,1-3H3. The van der Waals surface area contributed by atoms with Gasteiger partial charge in [0.2, 0.25) is 0 Å². The zero-order valence-electron chi connectivity index (χ0n) is 12.3. The maximum atomic E-state index is 6.24. The Morgan fingerprint density at radius 2 is 1.84 bits per heavy atom. The van der Waals surface area contributed by atoms with Crippen LogP contribution in [-0.4, -0.2) is 12.1 Å². The lowest BCUT2D eigenvalue weighted by Crippen LogP contribution is -2.47. The molecule has 3 atom stereocenters. The molecule has 0 heterocycles. The summed E-state index contributed by atoms with van der Waals surface area (Å²) in [5.74, 6) is 1.58. The third kappa shape index (κ3) is 3.97. The Morgan fingerprint density at radius 3 is 2.47 bits per heavy atom. The first-order valence-electron chi connectivity index (χ1n) is 7.57. The van der Waals surface area contributed by atoms with E-state index in [9.17, 15) is 0 Å². The van der Waals surface area contributed by atoms with Crippen LogP contribution in [0, 0.1) is 11.8 Å².